The van der Waals surface area contributed by atoms with E-state index in [4.69, 9.17) is 18.6 Å². The summed E-state index contributed by atoms with van der Waals surface area (Å²) in [6, 6.07) is 17.2. The number of hydrogen-bond donors (Lipinski definition) is 2. The Morgan fingerprint density at radius 3 is 2.37 bits per heavy atom. The quantitative estimate of drug-likeness (QED) is 0.319. The molecule has 2 heterocycles. The van der Waals surface area contributed by atoms with E-state index in [0.717, 1.165) is 18.2 Å². The number of ether oxygens (including phenoxy) is 3. The van der Waals surface area contributed by atoms with Crippen LogP contribution in [0.5, 0.6) is 17.2 Å². The van der Waals surface area contributed by atoms with E-state index in [2.05, 4.69) is 27.8 Å². The fourth-order valence-electron chi connectivity index (χ4n) is 3.86. The van der Waals surface area contributed by atoms with Gasteiger partial charge < -0.3 is 29.3 Å². The van der Waals surface area contributed by atoms with Crippen molar-refractivity contribution < 1.29 is 23.4 Å². The molecule has 0 unspecified atom stereocenters. The molecule has 4 aromatic rings. The highest BCUT2D eigenvalue weighted by Crippen LogP contribution is 2.41. The van der Waals surface area contributed by atoms with Gasteiger partial charge in [0.05, 0.1) is 33.0 Å². The van der Waals surface area contributed by atoms with E-state index in [9.17, 15) is 4.79 Å². The zero-order valence-electron chi connectivity index (χ0n) is 20.3. The average molecular weight is 476 g/mol. The summed E-state index contributed by atoms with van der Waals surface area (Å²) in [6.07, 6.45) is 3.26. The summed E-state index contributed by atoms with van der Waals surface area (Å²) >= 11 is 0. The molecule has 2 N–H and O–H groups in total. The Labute approximate surface area is 204 Å². The lowest BCUT2D eigenvalue weighted by Gasteiger charge is -2.16. The molecule has 0 saturated heterocycles. The van der Waals surface area contributed by atoms with Crippen LogP contribution in [0.2, 0.25) is 0 Å². The van der Waals surface area contributed by atoms with Crippen molar-refractivity contribution in [2.24, 2.45) is 0 Å². The number of aryl methyl sites for hydroxylation is 1. The number of furan rings is 1. The standard InChI is InChI=1S/C27H29N3O5/c1-17(10-11-18-8-6-5-7-9-18)28-27(31)21-16-22-20(12-13-35-22)26(30-21)29-19-14-23(32-2)25(34-4)24(15-19)33-3/h5-9,12-17H,10-11H2,1-4H3,(H,28,31)(H,29,30)/t17-/m1/s1. The molecule has 8 nitrogen and oxygen atoms in total. The van der Waals surface area contributed by atoms with Crippen molar-refractivity contribution >= 4 is 28.4 Å². The number of rotatable bonds is 10. The second kappa shape index (κ2) is 10.8. The topological polar surface area (TPSA) is 94.9 Å². The van der Waals surface area contributed by atoms with E-state index in [1.165, 1.54) is 5.56 Å². The Morgan fingerprint density at radius 2 is 1.71 bits per heavy atom. The average Bonchev–Trinajstić information content (AvgIpc) is 3.36. The maximum Gasteiger partial charge on any atom is 0.270 e. The summed E-state index contributed by atoms with van der Waals surface area (Å²) in [5.41, 5.74) is 2.70. The Hall–Kier alpha value is -4.20. The van der Waals surface area contributed by atoms with E-state index < -0.39 is 0 Å². The summed E-state index contributed by atoms with van der Waals surface area (Å²) in [5.74, 6) is 1.70. The third-order valence-corrected chi connectivity index (χ3v) is 5.70. The summed E-state index contributed by atoms with van der Waals surface area (Å²) < 4.78 is 21.9. The fraction of sp³-hybridized carbons (Fsp3) is 0.259. The number of fused-ring (bicyclic) bond motifs is 1. The first kappa shape index (κ1) is 23.9. The minimum atomic E-state index is -0.267. The smallest absolute Gasteiger partial charge is 0.270 e. The first-order chi connectivity index (χ1) is 17.0. The molecule has 0 bridgehead atoms. The van der Waals surface area contributed by atoms with Crippen molar-refractivity contribution in [1.82, 2.24) is 10.3 Å². The van der Waals surface area contributed by atoms with E-state index >= 15 is 0 Å². The number of anilines is 2. The molecule has 0 radical (unpaired) electrons. The minimum Gasteiger partial charge on any atom is -0.493 e. The molecule has 0 fully saturated rings. The van der Waals surface area contributed by atoms with Crippen molar-refractivity contribution in [3.8, 4) is 17.2 Å². The van der Waals surface area contributed by atoms with Crippen molar-refractivity contribution in [2.75, 3.05) is 26.6 Å². The lowest BCUT2D eigenvalue weighted by molar-refractivity contribution is 0.0933. The van der Waals surface area contributed by atoms with Crippen LogP contribution in [-0.4, -0.2) is 38.3 Å². The Kier molecular flexibility index (Phi) is 7.40. The zero-order valence-corrected chi connectivity index (χ0v) is 20.3. The molecule has 0 saturated carbocycles. The van der Waals surface area contributed by atoms with Gasteiger partial charge in [0.1, 0.15) is 17.1 Å². The molecular formula is C27H29N3O5. The second-order valence-corrected chi connectivity index (χ2v) is 8.13. The van der Waals surface area contributed by atoms with Gasteiger partial charge >= 0.3 is 0 Å². The number of aromatic nitrogens is 1. The van der Waals surface area contributed by atoms with Crippen LogP contribution >= 0.6 is 0 Å². The van der Waals surface area contributed by atoms with Crippen molar-refractivity contribution in [1.29, 1.82) is 0 Å². The molecule has 35 heavy (non-hydrogen) atoms. The molecule has 8 heteroatoms. The van der Waals surface area contributed by atoms with Gasteiger partial charge in [-0.05, 0) is 31.4 Å². The molecule has 182 valence electrons. The summed E-state index contributed by atoms with van der Waals surface area (Å²) in [4.78, 5) is 17.6. The maximum atomic E-state index is 13.0. The number of benzene rings is 2. The van der Waals surface area contributed by atoms with Gasteiger partial charge in [0, 0.05) is 29.9 Å². The van der Waals surface area contributed by atoms with Gasteiger partial charge in [-0.3, -0.25) is 4.79 Å². The van der Waals surface area contributed by atoms with Gasteiger partial charge in [0.25, 0.3) is 5.91 Å². The third-order valence-electron chi connectivity index (χ3n) is 5.70. The first-order valence-electron chi connectivity index (χ1n) is 11.3. The predicted octanol–water partition coefficient (Wildman–Crippen LogP) is 5.35. The van der Waals surface area contributed by atoms with Crippen molar-refractivity contribution in [3.05, 3.63) is 72.1 Å². The SMILES string of the molecule is COc1cc(Nc2nc(C(=O)N[C@H](C)CCc3ccccc3)cc3occc23)cc(OC)c1OC. The van der Waals surface area contributed by atoms with Crippen LogP contribution in [0, 0.1) is 0 Å². The number of carbonyl (C=O) groups is 1. The van der Waals surface area contributed by atoms with Crippen LogP contribution in [-0.2, 0) is 6.42 Å². The molecule has 0 aliphatic heterocycles. The van der Waals surface area contributed by atoms with Gasteiger partial charge in [0.15, 0.2) is 11.5 Å². The summed E-state index contributed by atoms with van der Waals surface area (Å²) in [7, 11) is 4.65. The third kappa shape index (κ3) is 5.48. The number of nitrogens with zero attached hydrogens (tertiary/aromatic N) is 1. The Bertz CT molecular complexity index is 1280. The summed E-state index contributed by atoms with van der Waals surface area (Å²) in [5, 5.41) is 7.04. The molecule has 2 aromatic heterocycles. The van der Waals surface area contributed by atoms with Crippen molar-refractivity contribution in [2.45, 2.75) is 25.8 Å². The van der Waals surface area contributed by atoms with Crippen molar-refractivity contribution in [3.63, 3.8) is 0 Å². The number of hydrogen-bond acceptors (Lipinski definition) is 7. The zero-order chi connectivity index (χ0) is 24.8. The highest BCUT2D eigenvalue weighted by Gasteiger charge is 2.18. The molecule has 0 spiro atoms. The van der Waals surface area contributed by atoms with Crippen LogP contribution in [0.15, 0.2) is 65.3 Å². The molecule has 4 rings (SSSR count). The van der Waals surface area contributed by atoms with E-state index in [0.29, 0.717) is 34.3 Å². The molecule has 1 atom stereocenters. The van der Waals surface area contributed by atoms with E-state index in [1.807, 2.05) is 25.1 Å². The summed E-state index contributed by atoms with van der Waals surface area (Å²) in [6.45, 7) is 1.99. The lowest BCUT2D eigenvalue weighted by atomic mass is 10.1. The van der Waals surface area contributed by atoms with Crippen LogP contribution in [0.25, 0.3) is 11.0 Å². The number of nitrogens with one attached hydrogen (secondary N) is 2. The van der Waals surface area contributed by atoms with Gasteiger partial charge in [-0.1, -0.05) is 30.3 Å². The predicted molar refractivity (Wildman–Crippen MR) is 135 cm³/mol. The number of amides is 1. The van der Waals surface area contributed by atoms with Gasteiger partial charge in [-0.2, -0.15) is 0 Å². The van der Waals surface area contributed by atoms with E-state index in [1.54, 1.807) is 51.9 Å². The molecule has 0 aliphatic rings. The maximum absolute atomic E-state index is 13.0. The second-order valence-electron chi connectivity index (χ2n) is 8.13. The highest BCUT2D eigenvalue weighted by atomic mass is 16.5. The lowest BCUT2D eigenvalue weighted by Crippen LogP contribution is -2.33. The van der Waals surface area contributed by atoms with Gasteiger partial charge in [0.2, 0.25) is 5.75 Å². The fourth-order valence-corrected chi connectivity index (χ4v) is 3.86. The van der Waals surface area contributed by atoms with E-state index in [-0.39, 0.29) is 17.6 Å². The van der Waals surface area contributed by atoms with Crippen LogP contribution in [0.1, 0.15) is 29.4 Å². The molecule has 2 aromatic carbocycles. The largest absolute Gasteiger partial charge is 0.493 e. The van der Waals surface area contributed by atoms with Crippen LogP contribution in [0.3, 0.4) is 0 Å². The Balaban J connectivity index is 1.55. The monoisotopic (exact) mass is 475 g/mol. The van der Waals surface area contributed by atoms with Gasteiger partial charge in [-0.25, -0.2) is 4.98 Å². The van der Waals surface area contributed by atoms with Crippen LogP contribution < -0.4 is 24.8 Å². The first-order valence-corrected chi connectivity index (χ1v) is 11.3. The minimum absolute atomic E-state index is 0.0247. The molecule has 1 amide bonds. The highest BCUT2D eigenvalue weighted by molar-refractivity contribution is 5.99. The van der Waals surface area contributed by atoms with Gasteiger partial charge in [-0.15, -0.1) is 0 Å². The Morgan fingerprint density at radius 1 is 1.00 bits per heavy atom. The van der Waals surface area contributed by atoms with Crippen LogP contribution in [0.4, 0.5) is 11.5 Å². The molecular weight excluding hydrogens is 446 g/mol. The number of pyridine rings is 1. The normalized spacial score (nSPS) is 11.7. The molecule has 0 aliphatic carbocycles. The number of methoxy groups -OCH3 is 3. The number of carbonyl (C=O) groups excluding carboxylic acids is 1.